The van der Waals surface area contributed by atoms with Gasteiger partial charge in [0.05, 0.1) is 19.3 Å². The van der Waals surface area contributed by atoms with E-state index in [1.165, 1.54) is 0 Å². The molecule has 102 valence electrons. The van der Waals surface area contributed by atoms with Crippen LogP contribution in [-0.2, 0) is 0 Å². The molecule has 1 aromatic rings. The Kier molecular flexibility index (Phi) is 5.95. The van der Waals surface area contributed by atoms with Crippen molar-refractivity contribution in [3.63, 3.8) is 0 Å². The van der Waals surface area contributed by atoms with E-state index in [1.807, 2.05) is 25.1 Å². The van der Waals surface area contributed by atoms with Crippen molar-refractivity contribution in [3.05, 3.63) is 23.8 Å². The van der Waals surface area contributed by atoms with Gasteiger partial charge in [-0.15, -0.1) is 0 Å². The first kappa shape index (κ1) is 14.8. The molecular weight excluding hydrogens is 228 g/mol. The molecule has 2 N–H and O–H groups in total. The number of nitrogens with two attached hydrogens (primary N) is 1. The second-order valence-electron chi connectivity index (χ2n) is 4.67. The Hall–Kier alpha value is -1.26. The maximum Gasteiger partial charge on any atom is 0.127 e. The summed E-state index contributed by atoms with van der Waals surface area (Å²) < 4.78 is 11.1. The number of rotatable bonds is 7. The Morgan fingerprint density at radius 1 is 1.28 bits per heavy atom. The molecule has 0 bridgehead atoms. The molecule has 0 radical (unpaired) electrons. The molecule has 4 heteroatoms. The summed E-state index contributed by atoms with van der Waals surface area (Å²) in [5.74, 6) is 1.61. The molecule has 0 aliphatic rings. The molecular formula is C14H24N2O2. The van der Waals surface area contributed by atoms with Crippen LogP contribution in [0.4, 0.5) is 0 Å². The lowest BCUT2D eigenvalue weighted by molar-refractivity contribution is 0.276. The summed E-state index contributed by atoms with van der Waals surface area (Å²) in [6.07, 6.45) is 0.989. The van der Waals surface area contributed by atoms with Crippen LogP contribution in [0.5, 0.6) is 11.5 Å². The van der Waals surface area contributed by atoms with Gasteiger partial charge in [-0.3, -0.25) is 0 Å². The van der Waals surface area contributed by atoms with Gasteiger partial charge in [-0.25, -0.2) is 0 Å². The van der Waals surface area contributed by atoms with Crippen molar-refractivity contribution in [1.82, 2.24) is 4.90 Å². The average Bonchev–Trinajstić information content (AvgIpc) is 2.33. The molecule has 0 unspecified atom stereocenters. The molecule has 0 saturated heterocycles. The minimum absolute atomic E-state index is 0.106. The molecule has 18 heavy (non-hydrogen) atoms. The van der Waals surface area contributed by atoms with E-state index >= 15 is 0 Å². The van der Waals surface area contributed by atoms with Crippen molar-refractivity contribution in [1.29, 1.82) is 0 Å². The molecule has 0 spiro atoms. The van der Waals surface area contributed by atoms with Crippen molar-refractivity contribution >= 4 is 0 Å². The van der Waals surface area contributed by atoms with Crippen molar-refractivity contribution in [2.45, 2.75) is 19.4 Å². The van der Waals surface area contributed by atoms with E-state index in [0.717, 1.165) is 30.0 Å². The number of methoxy groups -OCH3 is 1. The predicted molar refractivity (Wildman–Crippen MR) is 74.3 cm³/mol. The SMILES string of the molecule is COc1cccc(OCCCN(C)C)c1[C@@H](C)N. The van der Waals surface area contributed by atoms with E-state index in [1.54, 1.807) is 7.11 Å². The van der Waals surface area contributed by atoms with Crippen LogP contribution in [0.15, 0.2) is 18.2 Å². The first-order valence-corrected chi connectivity index (χ1v) is 6.26. The Morgan fingerprint density at radius 2 is 1.94 bits per heavy atom. The summed E-state index contributed by atoms with van der Waals surface area (Å²) in [6.45, 7) is 3.63. The number of nitrogens with zero attached hydrogens (tertiary/aromatic N) is 1. The highest BCUT2D eigenvalue weighted by atomic mass is 16.5. The molecule has 1 rings (SSSR count). The number of benzene rings is 1. The summed E-state index contributed by atoms with van der Waals surface area (Å²) in [5.41, 5.74) is 6.91. The molecule has 0 heterocycles. The predicted octanol–water partition coefficient (Wildman–Crippen LogP) is 2.05. The second kappa shape index (κ2) is 7.24. The lowest BCUT2D eigenvalue weighted by Gasteiger charge is -2.17. The normalized spacial score (nSPS) is 12.6. The Balaban J connectivity index is 2.69. The van der Waals surface area contributed by atoms with Gasteiger partial charge in [0.25, 0.3) is 0 Å². The van der Waals surface area contributed by atoms with Crippen LogP contribution < -0.4 is 15.2 Å². The summed E-state index contributed by atoms with van der Waals surface area (Å²) in [7, 11) is 5.76. The monoisotopic (exact) mass is 252 g/mol. The fraction of sp³-hybridized carbons (Fsp3) is 0.571. The van der Waals surface area contributed by atoms with Gasteiger partial charge in [0.15, 0.2) is 0 Å². The van der Waals surface area contributed by atoms with E-state index in [4.69, 9.17) is 15.2 Å². The quantitative estimate of drug-likeness (QED) is 0.754. The molecule has 0 fully saturated rings. The zero-order chi connectivity index (χ0) is 13.5. The van der Waals surface area contributed by atoms with E-state index < -0.39 is 0 Å². The van der Waals surface area contributed by atoms with Crippen LogP contribution in [0.25, 0.3) is 0 Å². The van der Waals surface area contributed by atoms with Crippen LogP contribution in [0.2, 0.25) is 0 Å². The highest BCUT2D eigenvalue weighted by Crippen LogP contribution is 2.32. The first-order chi connectivity index (χ1) is 8.56. The third-order valence-corrected chi connectivity index (χ3v) is 2.71. The van der Waals surface area contributed by atoms with Crippen LogP contribution in [-0.4, -0.2) is 39.3 Å². The van der Waals surface area contributed by atoms with Gasteiger partial charge < -0.3 is 20.1 Å². The first-order valence-electron chi connectivity index (χ1n) is 6.26. The van der Waals surface area contributed by atoms with Gasteiger partial charge in [0, 0.05) is 12.6 Å². The number of ether oxygens (including phenoxy) is 2. The van der Waals surface area contributed by atoms with Gasteiger partial charge in [0.1, 0.15) is 11.5 Å². The second-order valence-corrected chi connectivity index (χ2v) is 4.67. The standard InChI is InChI=1S/C14H24N2O2/c1-11(15)14-12(17-4)7-5-8-13(14)18-10-6-9-16(2)3/h5,7-8,11H,6,9-10,15H2,1-4H3/t11-/m1/s1. The Morgan fingerprint density at radius 3 is 2.50 bits per heavy atom. The van der Waals surface area contributed by atoms with Crippen molar-refractivity contribution in [3.8, 4) is 11.5 Å². The third-order valence-electron chi connectivity index (χ3n) is 2.71. The number of hydrogen-bond donors (Lipinski definition) is 1. The van der Waals surface area contributed by atoms with Crippen LogP contribution in [0, 0.1) is 0 Å². The van der Waals surface area contributed by atoms with Gasteiger partial charge in [-0.1, -0.05) is 6.07 Å². The van der Waals surface area contributed by atoms with Crippen LogP contribution in [0.3, 0.4) is 0 Å². The minimum atomic E-state index is -0.106. The highest BCUT2D eigenvalue weighted by molar-refractivity contribution is 5.46. The van der Waals surface area contributed by atoms with Gasteiger partial charge >= 0.3 is 0 Å². The summed E-state index contributed by atoms with van der Waals surface area (Å²) in [6, 6.07) is 5.67. The van der Waals surface area contributed by atoms with Crippen LogP contribution in [0.1, 0.15) is 24.9 Å². The smallest absolute Gasteiger partial charge is 0.127 e. The molecule has 4 nitrogen and oxygen atoms in total. The van der Waals surface area contributed by atoms with Gasteiger partial charge in [-0.2, -0.15) is 0 Å². The fourth-order valence-electron chi connectivity index (χ4n) is 1.84. The van der Waals surface area contributed by atoms with Crippen molar-refractivity contribution in [2.75, 3.05) is 34.4 Å². The fourth-order valence-corrected chi connectivity index (χ4v) is 1.84. The van der Waals surface area contributed by atoms with E-state index in [-0.39, 0.29) is 6.04 Å². The molecule has 0 aromatic heterocycles. The largest absolute Gasteiger partial charge is 0.496 e. The van der Waals surface area contributed by atoms with Gasteiger partial charge in [0.2, 0.25) is 0 Å². The number of hydrogen-bond acceptors (Lipinski definition) is 4. The average molecular weight is 252 g/mol. The van der Waals surface area contributed by atoms with Crippen LogP contribution >= 0.6 is 0 Å². The minimum Gasteiger partial charge on any atom is -0.496 e. The molecule has 0 saturated carbocycles. The summed E-state index contributed by atoms with van der Waals surface area (Å²) in [4.78, 5) is 2.14. The van der Waals surface area contributed by atoms with E-state index in [9.17, 15) is 0 Å². The van der Waals surface area contributed by atoms with Crippen molar-refractivity contribution < 1.29 is 9.47 Å². The maximum absolute atomic E-state index is 5.98. The molecule has 1 atom stereocenters. The molecule has 0 aliphatic heterocycles. The van der Waals surface area contributed by atoms with E-state index in [0.29, 0.717) is 6.61 Å². The summed E-state index contributed by atoms with van der Waals surface area (Å²) >= 11 is 0. The molecule has 0 aliphatic carbocycles. The lowest BCUT2D eigenvalue weighted by Crippen LogP contribution is -2.16. The zero-order valence-corrected chi connectivity index (χ0v) is 11.8. The Bertz CT molecular complexity index is 365. The zero-order valence-electron chi connectivity index (χ0n) is 11.8. The molecule has 1 aromatic carbocycles. The van der Waals surface area contributed by atoms with Crippen molar-refractivity contribution in [2.24, 2.45) is 5.73 Å². The Labute approximate surface area is 110 Å². The topological polar surface area (TPSA) is 47.7 Å². The van der Waals surface area contributed by atoms with Gasteiger partial charge in [-0.05, 0) is 39.6 Å². The lowest BCUT2D eigenvalue weighted by atomic mass is 10.1. The maximum atomic E-state index is 5.98. The third kappa shape index (κ3) is 4.20. The summed E-state index contributed by atoms with van der Waals surface area (Å²) in [5, 5.41) is 0. The van der Waals surface area contributed by atoms with E-state index in [2.05, 4.69) is 19.0 Å². The molecule has 0 amide bonds. The highest BCUT2D eigenvalue weighted by Gasteiger charge is 2.13.